The summed E-state index contributed by atoms with van der Waals surface area (Å²) in [4.78, 5) is 10.7. The smallest absolute Gasteiger partial charge is 0.281 e. The number of benzene rings is 1. The zero-order valence-corrected chi connectivity index (χ0v) is 7.86. The van der Waals surface area contributed by atoms with Crippen LogP contribution in [0, 0.1) is 0 Å². The second-order valence-corrected chi connectivity index (χ2v) is 4.17. The van der Waals surface area contributed by atoms with Gasteiger partial charge in [0.15, 0.2) is 5.25 Å². The second-order valence-electron chi connectivity index (χ2n) is 2.67. The summed E-state index contributed by atoms with van der Waals surface area (Å²) in [5, 5.41) is -1.80. The van der Waals surface area contributed by atoms with Gasteiger partial charge in [0, 0.05) is 0 Å². The second kappa shape index (κ2) is 3.77. The summed E-state index contributed by atoms with van der Waals surface area (Å²) in [6.07, 6.45) is 0. The van der Waals surface area contributed by atoms with Crippen molar-refractivity contribution in [2.75, 3.05) is 0 Å². The van der Waals surface area contributed by atoms with Crippen molar-refractivity contribution in [3.05, 3.63) is 35.9 Å². The lowest BCUT2D eigenvalue weighted by atomic mass is 10.1. The van der Waals surface area contributed by atoms with Gasteiger partial charge in [-0.2, -0.15) is 8.42 Å². The standard InChI is InChI=1S/C8H8NO4S/c9-8(10)7(14(11,12)13)6-4-2-1-3-5-6/h1-5,7,9H,(H,11,12,13). The molecule has 1 radical (unpaired) electrons. The molecule has 0 saturated heterocycles. The van der Waals surface area contributed by atoms with Gasteiger partial charge in [-0.15, -0.1) is 0 Å². The number of carbonyl (C=O) groups is 1. The third kappa shape index (κ3) is 2.30. The van der Waals surface area contributed by atoms with E-state index in [0.29, 0.717) is 0 Å². The first kappa shape index (κ1) is 10.7. The lowest BCUT2D eigenvalue weighted by Crippen LogP contribution is -2.22. The Morgan fingerprint density at radius 2 is 1.79 bits per heavy atom. The molecule has 1 aromatic carbocycles. The molecule has 1 atom stereocenters. The minimum atomic E-state index is -4.55. The van der Waals surface area contributed by atoms with Crippen molar-refractivity contribution in [2.24, 2.45) is 0 Å². The summed E-state index contributed by atoms with van der Waals surface area (Å²) in [6.45, 7) is 0. The van der Waals surface area contributed by atoms with E-state index in [4.69, 9.17) is 10.3 Å². The molecule has 0 aromatic heterocycles. The molecule has 1 rings (SSSR count). The lowest BCUT2D eigenvalue weighted by Gasteiger charge is -2.08. The monoisotopic (exact) mass is 214 g/mol. The van der Waals surface area contributed by atoms with Gasteiger partial charge >= 0.3 is 0 Å². The first-order chi connectivity index (χ1) is 6.43. The molecule has 1 aromatic rings. The van der Waals surface area contributed by atoms with Crippen molar-refractivity contribution in [1.29, 1.82) is 0 Å². The quantitative estimate of drug-likeness (QED) is 0.738. The first-order valence-electron chi connectivity index (χ1n) is 3.69. The van der Waals surface area contributed by atoms with Gasteiger partial charge < -0.3 is 0 Å². The van der Waals surface area contributed by atoms with Gasteiger partial charge in [0.05, 0.1) is 0 Å². The molecule has 2 N–H and O–H groups in total. The highest BCUT2D eigenvalue weighted by Gasteiger charge is 2.31. The summed E-state index contributed by atoms with van der Waals surface area (Å²) in [5.41, 5.74) is 6.84. The Bertz CT molecular complexity index is 426. The Morgan fingerprint density at radius 3 is 2.14 bits per heavy atom. The Hall–Kier alpha value is -1.40. The van der Waals surface area contributed by atoms with Crippen molar-refractivity contribution >= 4 is 16.0 Å². The molecule has 0 spiro atoms. The fourth-order valence-electron chi connectivity index (χ4n) is 1.09. The highest BCUT2D eigenvalue weighted by molar-refractivity contribution is 7.86. The molecule has 1 unspecified atom stereocenters. The number of rotatable bonds is 3. The van der Waals surface area contributed by atoms with E-state index >= 15 is 0 Å². The van der Waals surface area contributed by atoms with E-state index in [1.807, 2.05) is 0 Å². The van der Waals surface area contributed by atoms with Crippen LogP contribution >= 0.6 is 0 Å². The van der Waals surface area contributed by atoms with Gasteiger partial charge in [-0.3, -0.25) is 15.1 Å². The van der Waals surface area contributed by atoms with E-state index in [2.05, 4.69) is 0 Å². The van der Waals surface area contributed by atoms with Gasteiger partial charge in [-0.1, -0.05) is 30.3 Å². The summed E-state index contributed by atoms with van der Waals surface area (Å²) in [7, 11) is -4.55. The van der Waals surface area contributed by atoms with E-state index in [9.17, 15) is 13.2 Å². The van der Waals surface area contributed by atoms with Crippen molar-refractivity contribution in [3.8, 4) is 0 Å². The van der Waals surface area contributed by atoms with Crippen molar-refractivity contribution in [2.45, 2.75) is 5.25 Å². The molecule has 0 saturated carbocycles. The Balaban J connectivity index is 3.22. The molecule has 0 heterocycles. The van der Waals surface area contributed by atoms with E-state index in [-0.39, 0.29) is 5.56 Å². The SMILES string of the molecule is [NH]C(=O)C(c1ccccc1)S(=O)(=O)O. The molecule has 5 nitrogen and oxygen atoms in total. The van der Waals surface area contributed by atoms with Crippen molar-refractivity contribution in [1.82, 2.24) is 5.73 Å². The predicted octanol–water partition coefficient (Wildman–Crippen LogP) is 0.425. The van der Waals surface area contributed by atoms with Crippen LogP contribution in [0.5, 0.6) is 0 Å². The predicted molar refractivity (Wildman–Crippen MR) is 48.8 cm³/mol. The third-order valence-electron chi connectivity index (χ3n) is 1.64. The molecule has 1 amide bonds. The number of hydrogen-bond donors (Lipinski definition) is 1. The van der Waals surface area contributed by atoms with Gasteiger partial charge in [0.2, 0.25) is 0 Å². The van der Waals surface area contributed by atoms with Crippen molar-refractivity contribution in [3.63, 3.8) is 0 Å². The van der Waals surface area contributed by atoms with Gasteiger partial charge in [0.1, 0.15) is 0 Å². The maximum Gasteiger partial charge on any atom is 0.281 e. The zero-order valence-electron chi connectivity index (χ0n) is 7.04. The molecule has 0 fully saturated rings. The molecular formula is C8H8NO4S. The van der Waals surface area contributed by atoms with Crippen LogP contribution in [0.2, 0.25) is 0 Å². The Morgan fingerprint density at radius 1 is 1.29 bits per heavy atom. The number of carbonyl (C=O) groups excluding carboxylic acids is 1. The van der Waals surface area contributed by atoms with Crippen LogP contribution in [0.25, 0.3) is 0 Å². The molecule has 6 heteroatoms. The van der Waals surface area contributed by atoms with E-state index < -0.39 is 21.3 Å². The first-order valence-corrected chi connectivity index (χ1v) is 5.20. The molecule has 14 heavy (non-hydrogen) atoms. The molecule has 0 aliphatic carbocycles. The lowest BCUT2D eigenvalue weighted by molar-refractivity contribution is -0.118. The molecular weight excluding hydrogens is 206 g/mol. The summed E-state index contributed by atoms with van der Waals surface area (Å²) < 4.78 is 30.3. The fraction of sp³-hybridized carbons (Fsp3) is 0.125. The normalized spacial score (nSPS) is 13.5. The zero-order chi connectivity index (χ0) is 10.8. The highest BCUT2D eigenvalue weighted by atomic mass is 32.2. The van der Waals surface area contributed by atoms with E-state index in [1.54, 1.807) is 6.07 Å². The summed E-state index contributed by atoms with van der Waals surface area (Å²) >= 11 is 0. The van der Waals surface area contributed by atoms with Crippen LogP contribution in [0.4, 0.5) is 0 Å². The summed E-state index contributed by atoms with van der Waals surface area (Å²) in [6, 6.07) is 7.42. The van der Waals surface area contributed by atoms with Crippen LogP contribution in [-0.4, -0.2) is 18.9 Å². The van der Waals surface area contributed by atoms with Gasteiger partial charge in [-0.05, 0) is 5.56 Å². The summed E-state index contributed by atoms with van der Waals surface area (Å²) in [5.74, 6) is -1.35. The van der Waals surface area contributed by atoms with Crippen molar-refractivity contribution < 1.29 is 17.8 Å². The molecule has 0 bridgehead atoms. The number of nitrogens with one attached hydrogen (secondary N) is 1. The van der Waals surface area contributed by atoms with Crippen LogP contribution in [0.3, 0.4) is 0 Å². The van der Waals surface area contributed by atoms with E-state index in [1.165, 1.54) is 24.3 Å². The van der Waals surface area contributed by atoms with E-state index in [0.717, 1.165) is 0 Å². The largest absolute Gasteiger partial charge is 0.285 e. The fourth-order valence-corrected chi connectivity index (χ4v) is 1.86. The topological polar surface area (TPSA) is 95.2 Å². The minimum Gasteiger partial charge on any atom is -0.285 e. The van der Waals surface area contributed by atoms with Gasteiger partial charge in [0.25, 0.3) is 16.0 Å². The highest BCUT2D eigenvalue weighted by Crippen LogP contribution is 2.20. The van der Waals surface area contributed by atoms with Crippen LogP contribution in [-0.2, 0) is 14.9 Å². The molecule has 0 aliphatic heterocycles. The Kier molecular flexibility index (Phi) is 2.87. The van der Waals surface area contributed by atoms with Crippen LogP contribution in [0.1, 0.15) is 10.8 Å². The maximum atomic E-state index is 10.8. The van der Waals surface area contributed by atoms with Crippen LogP contribution < -0.4 is 5.73 Å². The van der Waals surface area contributed by atoms with Gasteiger partial charge in [-0.25, -0.2) is 0 Å². The average molecular weight is 214 g/mol. The number of hydrogen-bond acceptors (Lipinski definition) is 3. The third-order valence-corrected chi connectivity index (χ3v) is 2.72. The molecule has 0 aliphatic rings. The maximum absolute atomic E-state index is 10.8. The Labute approximate surface area is 81.3 Å². The van der Waals surface area contributed by atoms with Crippen LogP contribution in [0.15, 0.2) is 30.3 Å². The average Bonchev–Trinajstić information content (AvgIpc) is 2.02. The number of amides is 1. The molecule has 75 valence electrons. The minimum absolute atomic E-state index is 0.0926.